The van der Waals surface area contributed by atoms with E-state index in [4.69, 9.17) is 10.2 Å². The van der Waals surface area contributed by atoms with Gasteiger partial charge in [0.05, 0.1) is 12.0 Å². The molecule has 4 atom stereocenters. The Hall–Kier alpha value is -4.17. The fourth-order valence-corrected chi connectivity index (χ4v) is 6.38. The first-order valence-corrected chi connectivity index (χ1v) is 12.9. The van der Waals surface area contributed by atoms with E-state index in [1.54, 1.807) is 31.2 Å². The van der Waals surface area contributed by atoms with Gasteiger partial charge in [0.15, 0.2) is 5.76 Å². The van der Waals surface area contributed by atoms with Crippen molar-refractivity contribution in [1.29, 1.82) is 0 Å². The summed E-state index contributed by atoms with van der Waals surface area (Å²) in [7, 11) is 0. The predicted octanol–water partition coefficient (Wildman–Crippen LogP) is 5.68. The highest BCUT2D eigenvalue weighted by atomic mass is 32.1. The van der Waals surface area contributed by atoms with Crippen molar-refractivity contribution in [2.75, 3.05) is 5.32 Å². The third-order valence-electron chi connectivity index (χ3n) is 6.85. The Morgan fingerprint density at radius 2 is 1.59 bits per heavy atom. The molecular formula is C29H27N3O4S. The van der Waals surface area contributed by atoms with Gasteiger partial charge in [-0.05, 0) is 60.7 Å². The number of furan rings is 1. The molecule has 7 nitrogen and oxygen atoms in total. The van der Waals surface area contributed by atoms with Gasteiger partial charge in [-0.15, -0.1) is 11.3 Å². The quantitative estimate of drug-likeness (QED) is 0.323. The Morgan fingerprint density at radius 1 is 0.919 bits per heavy atom. The van der Waals surface area contributed by atoms with Crippen molar-refractivity contribution in [2.24, 2.45) is 11.7 Å². The molecule has 0 aliphatic carbocycles. The molecular weight excluding hydrogens is 486 g/mol. The SMILES string of the molecule is Cc1ccc(C(=O)C2C(c3sccc3C)C(C(N)=O)N(C(=O)Nc3ccccc3)C2c2ccccc2)o1. The number of amides is 3. The van der Waals surface area contributed by atoms with Crippen LogP contribution in [0.25, 0.3) is 0 Å². The second kappa shape index (κ2) is 10.1. The van der Waals surface area contributed by atoms with Gasteiger partial charge in [0.2, 0.25) is 11.7 Å². The normalized spacial score (nSPS) is 21.1. The molecule has 8 heteroatoms. The molecule has 0 radical (unpaired) electrons. The van der Waals surface area contributed by atoms with E-state index < -0.39 is 35.9 Å². The maximum Gasteiger partial charge on any atom is 0.323 e. The number of nitrogens with one attached hydrogen (secondary N) is 1. The third kappa shape index (κ3) is 4.56. The third-order valence-corrected chi connectivity index (χ3v) is 7.97. The number of Topliss-reactive ketones (excluding diaryl/α,β-unsaturated/α-hetero) is 1. The number of primary amides is 1. The molecule has 0 spiro atoms. The number of rotatable bonds is 6. The number of benzene rings is 2. The van der Waals surface area contributed by atoms with Gasteiger partial charge in [-0.1, -0.05) is 48.5 Å². The summed E-state index contributed by atoms with van der Waals surface area (Å²) >= 11 is 1.46. The Morgan fingerprint density at radius 3 is 2.16 bits per heavy atom. The van der Waals surface area contributed by atoms with Crippen LogP contribution in [0, 0.1) is 19.8 Å². The monoisotopic (exact) mass is 513 g/mol. The Bertz CT molecular complexity index is 1430. The molecule has 1 saturated heterocycles. The van der Waals surface area contributed by atoms with E-state index in [2.05, 4.69) is 5.32 Å². The number of para-hydroxylation sites is 1. The van der Waals surface area contributed by atoms with Crippen LogP contribution in [-0.4, -0.2) is 28.7 Å². The summed E-state index contributed by atoms with van der Waals surface area (Å²) in [6.07, 6.45) is 0. The van der Waals surface area contributed by atoms with Crippen LogP contribution in [0.4, 0.5) is 10.5 Å². The summed E-state index contributed by atoms with van der Waals surface area (Å²) in [5.41, 5.74) is 8.26. The first-order chi connectivity index (χ1) is 17.9. The second-order valence-corrected chi connectivity index (χ2v) is 10.1. The molecule has 0 saturated carbocycles. The maximum atomic E-state index is 14.2. The average molecular weight is 514 g/mol. The molecule has 1 fully saturated rings. The van der Waals surface area contributed by atoms with Crippen molar-refractivity contribution >= 4 is 34.7 Å². The van der Waals surface area contributed by atoms with Crippen molar-refractivity contribution in [3.8, 4) is 0 Å². The van der Waals surface area contributed by atoms with E-state index in [-0.39, 0.29) is 11.5 Å². The topological polar surface area (TPSA) is 106 Å². The zero-order chi connectivity index (χ0) is 26.1. The molecule has 4 unspecified atom stereocenters. The van der Waals surface area contributed by atoms with E-state index in [1.165, 1.54) is 16.2 Å². The van der Waals surface area contributed by atoms with Gasteiger partial charge >= 0.3 is 6.03 Å². The molecule has 37 heavy (non-hydrogen) atoms. The number of hydrogen-bond donors (Lipinski definition) is 2. The van der Waals surface area contributed by atoms with Gasteiger partial charge in [-0.25, -0.2) is 4.79 Å². The minimum absolute atomic E-state index is 0.191. The minimum atomic E-state index is -1.06. The average Bonchev–Trinajstić information content (AvgIpc) is 3.61. The minimum Gasteiger partial charge on any atom is -0.458 e. The van der Waals surface area contributed by atoms with E-state index in [1.807, 2.05) is 66.9 Å². The summed E-state index contributed by atoms with van der Waals surface area (Å²) in [4.78, 5) is 43.5. The Balaban J connectivity index is 1.71. The highest BCUT2D eigenvalue weighted by Gasteiger charge is 2.58. The zero-order valence-electron chi connectivity index (χ0n) is 20.5. The van der Waals surface area contributed by atoms with Gasteiger partial charge in [-0.3, -0.25) is 9.59 Å². The summed E-state index contributed by atoms with van der Waals surface area (Å²) < 4.78 is 5.74. The number of nitrogens with zero attached hydrogens (tertiary/aromatic N) is 1. The molecule has 3 amide bonds. The highest BCUT2D eigenvalue weighted by Crippen LogP contribution is 2.53. The van der Waals surface area contributed by atoms with Crippen LogP contribution < -0.4 is 11.1 Å². The second-order valence-electron chi connectivity index (χ2n) is 9.20. The van der Waals surface area contributed by atoms with Crippen LogP contribution in [0.3, 0.4) is 0 Å². The van der Waals surface area contributed by atoms with E-state index in [0.29, 0.717) is 11.4 Å². The lowest BCUT2D eigenvalue weighted by atomic mass is 9.79. The van der Waals surface area contributed by atoms with Crippen molar-refractivity contribution in [3.05, 3.63) is 112 Å². The molecule has 5 rings (SSSR count). The molecule has 2 aromatic carbocycles. The van der Waals surface area contributed by atoms with Crippen LogP contribution in [0.5, 0.6) is 0 Å². The van der Waals surface area contributed by atoms with Crippen molar-refractivity contribution in [3.63, 3.8) is 0 Å². The van der Waals surface area contributed by atoms with Crippen molar-refractivity contribution < 1.29 is 18.8 Å². The van der Waals surface area contributed by atoms with Crippen LogP contribution in [0.2, 0.25) is 0 Å². The number of anilines is 1. The number of urea groups is 1. The van der Waals surface area contributed by atoms with E-state index in [0.717, 1.165) is 16.0 Å². The van der Waals surface area contributed by atoms with Gasteiger partial charge in [0.1, 0.15) is 11.8 Å². The van der Waals surface area contributed by atoms with Crippen LogP contribution in [0.15, 0.2) is 88.7 Å². The first kappa shape index (κ1) is 24.5. The van der Waals surface area contributed by atoms with Crippen molar-refractivity contribution in [1.82, 2.24) is 4.90 Å². The Labute approximate surface area is 218 Å². The van der Waals surface area contributed by atoms with E-state index >= 15 is 0 Å². The van der Waals surface area contributed by atoms with Gasteiger partial charge in [-0.2, -0.15) is 0 Å². The zero-order valence-corrected chi connectivity index (χ0v) is 21.3. The fraction of sp³-hybridized carbons (Fsp3) is 0.207. The van der Waals surface area contributed by atoms with Gasteiger partial charge in [0, 0.05) is 16.5 Å². The molecule has 3 heterocycles. The predicted molar refractivity (Wildman–Crippen MR) is 143 cm³/mol. The smallest absolute Gasteiger partial charge is 0.323 e. The lowest BCUT2D eigenvalue weighted by molar-refractivity contribution is -0.122. The number of likely N-dealkylation sites (tertiary alicyclic amines) is 1. The number of carbonyl (C=O) groups is 3. The molecule has 4 aromatic rings. The summed E-state index contributed by atoms with van der Waals surface area (Å²) in [6, 6.07) is 21.3. The first-order valence-electron chi connectivity index (χ1n) is 12.0. The number of nitrogens with two attached hydrogens (primary N) is 1. The van der Waals surface area contributed by atoms with Crippen LogP contribution >= 0.6 is 11.3 Å². The highest BCUT2D eigenvalue weighted by molar-refractivity contribution is 7.10. The van der Waals surface area contributed by atoms with Gasteiger partial charge in [0.25, 0.3) is 0 Å². The lowest BCUT2D eigenvalue weighted by Crippen LogP contribution is -2.48. The molecule has 188 valence electrons. The summed E-state index contributed by atoms with van der Waals surface area (Å²) in [5, 5.41) is 4.82. The number of aryl methyl sites for hydroxylation is 2. The summed E-state index contributed by atoms with van der Waals surface area (Å²) in [6.45, 7) is 3.71. The van der Waals surface area contributed by atoms with Crippen LogP contribution in [-0.2, 0) is 4.79 Å². The molecule has 1 aliphatic rings. The number of thiophene rings is 1. The van der Waals surface area contributed by atoms with Gasteiger partial charge < -0.3 is 20.4 Å². The summed E-state index contributed by atoms with van der Waals surface area (Å²) in [5.74, 6) is -1.61. The van der Waals surface area contributed by atoms with E-state index in [9.17, 15) is 14.4 Å². The Kier molecular flexibility index (Phi) is 6.67. The molecule has 2 aromatic heterocycles. The maximum absolute atomic E-state index is 14.2. The van der Waals surface area contributed by atoms with Crippen molar-refractivity contribution in [2.45, 2.75) is 31.8 Å². The molecule has 1 aliphatic heterocycles. The largest absolute Gasteiger partial charge is 0.458 e. The fourth-order valence-electron chi connectivity index (χ4n) is 5.28. The lowest BCUT2D eigenvalue weighted by Gasteiger charge is -2.30. The standard InChI is InChI=1S/C29H27N3O4S/c1-17-15-16-37-27(17)23-22(26(33)21-14-13-18(2)36-21)24(19-9-5-3-6-10-19)32(25(23)28(30)34)29(35)31-20-11-7-4-8-12-20/h3-16,22-25H,1-2H3,(H2,30,34)(H,31,35). The van der Waals surface area contributed by atoms with Crippen LogP contribution in [0.1, 0.15) is 44.3 Å². The molecule has 0 bridgehead atoms. The molecule has 3 N–H and O–H groups in total. The number of carbonyl (C=O) groups excluding carboxylic acids is 3. The number of hydrogen-bond acceptors (Lipinski definition) is 5. The number of ketones is 1.